The van der Waals surface area contributed by atoms with E-state index in [1.54, 1.807) is 40.1 Å². The molecule has 146 valence electrons. The van der Waals surface area contributed by atoms with Crippen molar-refractivity contribution in [3.63, 3.8) is 0 Å². The van der Waals surface area contributed by atoms with Gasteiger partial charge in [0.15, 0.2) is 6.61 Å². The van der Waals surface area contributed by atoms with Crippen molar-refractivity contribution in [3.05, 3.63) is 63.3 Å². The van der Waals surface area contributed by atoms with Crippen LogP contribution in [0.5, 0.6) is 0 Å². The van der Waals surface area contributed by atoms with Crippen LogP contribution < -0.4 is 0 Å². The lowest BCUT2D eigenvalue weighted by Crippen LogP contribution is -2.51. The van der Waals surface area contributed by atoms with E-state index in [0.717, 1.165) is 0 Å². The molecule has 0 aliphatic carbocycles. The summed E-state index contributed by atoms with van der Waals surface area (Å²) in [6, 6.07) is 10.7. The third kappa shape index (κ3) is 5.21. The van der Waals surface area contributed by atoms with Crippen LogP contribution in [0.1, 0.15) is 15.2 Å². The van der Waals surface area contributed by atoms with Crippen LogP contribution in [-0.2, 0) is 14.3 Å². The quantitative estimate of drug-likeness (QED) is 0.553. The van der Waals surface area contributed by atoms with E-state index in [4.69, 9.17) is 16.3 Å². The van der Waals surface area contributed by atoms with Gasteiger partial charge < -0.3 is 14.5 Å². The van der Waals surface area contributed by atoms with E-state index in [1.165, 1.54) is 17.4 Å². The number of carbonyl (C=O) groups is 3. The summed E-state index contributed by atoms with van der Waals surface area (Å²) >= 11 is 7.41. The lowest BCUT2D eigenvalue weighted by atomic mass is 10.2. The van der Waals surface area contributed by atoms with Gasteiger partial charge in [0.1, 0.15) is 0 Å². The molecule has 1 aromatic carbocycles. The maximum atomic E-state index is 12.3. The summed E-state index contributed by atoms with van der Waals surface area (Å²) in [5.41, 5.74) is 0.693. The first-order chi connectivity index (χ1) is 13.5. The van der Waals surface area contributed by atoms with Crippen LogP contribution >= 0.6 is 22.9 Å². The summed E-state index contributed by atoms with van der Waals surface area (Å²) < 4.78 is 5.01. The number of amides is 2. The predicted molar refractivity (Wildman–Crippen MR) is 108 cm³/mol. The summed E-state index contributed by atoms with van der Waals surface area (Å²) in [6.45, 7) is 1.43. The van der Waals surface area contributed by atoms with Gasteiger partial charge in [0, 0.05) is 37.3 Å². The molecule has 0 unspecified atom stereocenters. The van der Waals surface area contributed by atoms with E-state index in [0.29, 0.717) is 41.6 Å². The minimum Gasteiger partial charge on any atom is -0.452 e. The van der Waals surface area contributed by atoms with E-state index < -0.39 is 5.97 Å². The predicted octanol–water partition coefficient (Wildman–Crippen LogP) is 2.94. The maximum Gasteiger partial charge on any atom is 0.331 e. The van der Waals surface area contributed by atoms with Crippen LogP contribution in [0.15, 0.2) is 47.9 Å². The molecule has 3 rings (SSSR count). The lowest BCUT2D eigenvalue weighted by Gasteiger charge is -2.34. The van der Waals surface area contributed by atoms with Gasteiger partial charge in [-0.15, -0.1) is 11.3 Å². The van der Waals surface area contributed by atoms with Crippen molar-refractivity contribution in [1.29, 1.82) is 0 Å². The molecular weight excluding hydrogens is 400 g/mol. The highest BCUT2D eigenvalue weighted by Crippen LogP contribution is 2.16. The Hall–Kier alpha value is -2.64. The third-order valence-electron chi connectivity index (χ3n) is 4.29. The van der Waals surface area contributed by atoms with Crippen LogP contribution in [0.2, 0.25) is 5.02 Å². The Kier molecular flexibility index (Phi) is 6.84. The van der Waals surface area contributed by atoms with Gasteiger partial charge in [-0.05, 0) is 29.2 Å². The minimum absolute atomic E-state index is 0.0155. The monoisotopic (exact) mass is 418 g/mol. The van der Waals surface area contributed by atoms with Crippen molar-refractivity contribution >= 4 is 46.8 Å². The lowest BCUT2D eigenvalue weighted by molar-refractivity contribution is -0.148. The van der Waals surface area contributed by atoms with Crippen molar-refractivity contribution < 1.29 is 19.1 Å². The van der Waals surface area contributed by atoms with Crippen LogP contribution in [0, 0.1) is 0 Å². The first kappa shape index (κ1) is 20.1. The highest BCUT2D eigenvalue weighted by atomic mass is 35.5. The van der Waals surface area contributed by atoms with Gasteiger partial charge >= 0.3 is 5.97 Å². The van der Waals surface area contributed by atoms with Gasteiger partial charge in [-0.3, -0.25) is 9.59 Å². The summed E-state index contributed by atoms with van der Waals surface area (Å²) in [5, 5.41) is 2.39. The Bertz CT molecular complexity index is 874. The first-order valence-corrected chi connectivity index (χ1v) is 10.0. The zero-order valence-corrected chi connectivity index (χ0v) is 16.6. The zero-order valence-electron chi connectivity index (χ0n) is 15.0. The van der Waals surface area contributed by atoms with E-state index >= 15 is 0 Å². The van der Waals surface area contributed by atoms with Gasteiger partial charge in [0.25, 0.3) is 11.8 Å². The molecule has 0 atom stereocenters. The first-order valence-electron chi connectivity index (χ1n) is 8.74. The molecule has 0 bridgehead atoms. The van der Waals surface area contributed by atoms with E-state index in [2.05, 4.69) is 0 Å². The Balaban J connectivity index is 1.42. The highest BCUT2D eigenvalue weighted by molar-refractivity contribution is 7.12. The Labute approximate surface area is 172 Å². The van der Waals surface area contributed by atoms with Crippen molar-refractivity contribution in [1.82, 2.24) is 9.80 Å². The smallest absolute Gasteiger partial charge is 0.331 e. The maximum absolute atomic E-state index is 12.3. The van der Waals surface area contributed by atoms with Crippen LogP contribution in [0.3, 0.4) is 0 Å². The van der Waals surface area contributed by atoms with Crippen molar-refractivity contribution in [3.8, 4) is 0 Å². The zero-order chi connectivity index (χ0) is 19.9. The molecule has 2 amide bonds. The molecule has 2 heterocycles. The van der Waals surface area contributed by atoms with E-state index in [1.807, 2.05) is 17.5 Å². The number of piperazine rings is 1. The van der Waals surface area contributed by atoms with Crippen molar-refractivity contribution in [2.24, 2.45) is 0 Å². The topological polar surface area (TPSA) is 66.9 Å². The molecule has 28 heavy (non-hydrogen) atoms. The molecule has 0 saturated carbocycles. The second kappa shape index (κ2) is 9.52. The average molecular weight is 419 g/mol. The number of ether oxygens (including phenoxy) is 1. The van der Waals surface area contributed by atoms with Gasteiger partial charge in [-0.25, -0.2) is 4.79 Å². The number of nitrogens with zero attached hydrogens (tertiary/aromatic N) is 2. The third-order valence-corrected chi connectivity index (χ3v) is 5.50. The normalized spacial score (nSPS) is 14.3. The molecule has 0 N–H and O–H groups in total. The molecule has 6 nitrogen and oxygen atoms in total. The standard InChI is InChI=1S/C20H19ClN2O4S/c21-16-5-2-1-4-15(16)7-8-19(25)27-14-18(24)22-9-11-23(12-10-22)20(26)17-6-3-13-28-17/h1-8,13H,9-12,14H2/b8-7+. The molecule has 0 radical (unpaired) electrons. The fourth-order valence-electron chi connectivity index (χ4n) is 2.76. The van der Waals surface area contributed by atoms with E-state index in [9.17, 15) is 14.4 Å². The van der Waals surface area contributed by atoms with Crippen LogP contribution in [-0.4, -0.2) is 60.4 Å². The number of hydrogen-bond acceptors (Lipinski definition) is 5. The summed E-state index contributed by atoms with van der Waals surface area (Å²) in [4.78, 5) is 40.4. The molecular formula is C20H19ClN2O4S. The second-order valence-corrected chi connectivity index (χ2v) is 7.47. The van der Waals surface area contributed by atoms with Gasteiger partial charge in [-0.1, -0.05) is 35.9 Å². The number of hydrogen-bond donors (Lipinski definition) is 0. The molecule has 1 saturated heterocycles. The van der Waals surface area contributed by atoms with Gasteiger partial charge in [0.05, 0.1) is 4.88 Å². The van der Waals surface area contributed by atoms with Crippen molar-refractivity contribution in [2.75, 3.05) is 32.8 Å². The fraction of sp³-hybridized carbons (Fsp3) is 0.250. The molecule has 1 fully saturated rings. The largest absolute Gasteiger partial charge is 0.452 e. The summed E-state index contributed by atoms with van der Waals surface area (Å²) in [5.74, 6) is -0.902. The molecule has 2 aromatic rings. The Morgan fingerprint density at radius 1 is 1.04 bits per heavy atom. The number of esters is 1. The fourth-order valence-corrected chi connectivity index (χ4v) is 3.64. The highest BCUT2D eigenvalue weighted by Gasteiger charge is 2.25. The molecule has 1 aliphatic heterocycles. The van der Waals surface area contributed by atoms with Crippen molar-refractivity contribution in [2.45, 2.75) is 0 Å². The number of carbonyl (C=O) groups excluding carboxylic acids is 3. The van der Waals surface area contributed by atoms with Crippen LogP contribution in [0.4, 0.5) is 0 Å². The summed E-state index contributed by atoms with van der Waals surface area (Å²) in [6.07, 6.45) is 2.79. The van der Waals surface area contributed by atoms with Gasteiger partial charge in [-0.2, -0.15) is 0 Å². The Morgan fingerprint density at radius 3 is 2.43 bits per heavy atom. The molecule has 1 aromatic heterocycles. The number of thiophene rings is 1. The summed E-state index contributed by atoms with van der Waals surface area (Å²) in [7, 11) is 0. The molecule has 1 aliphatic rings. The number of benzene rings is 1. The number of rotatable bonds is 5. The second-order valence-electron chi connectivity index (χ2n) is 6.11. The molecule has 0 spiro atoms. The minimum atomic E-state index is -0.611. The number of halogens is 1. The molecule has 8 heteroatoms. The Morgan fingerprint density at radius 2 is 1.75 bits per heavy atom. The van der Waals surface area contributed by atoms with Crippen LogP contribution in [0.25, 0.3) is 6.08 Å². The van der Waals surface area contributed by atoms with Gasteiger partial charge in [0.2, 0.25) is 0 Å². The average Bonchev–Trinajstić information content (AvgIpc) is 3.26. The SMILES string of the molecule is O=C(/C=C/c1ccccc1Cl)OCC(=O)N1CCN(C(=O)c2cccs2)CC1. The van der Waals surface area contributed by atoms with E-state index in [-0.39, 0.29) is 18.4 Å².